The van der Waals surface area contributed by atoms with E-state index >= 15 is 0 Å². The molecule has 2 atom stereocenters. The molecule has 10 heteroatoms. The minimum atomic E-state index is -0.811. The van der Waals surface area contributed by atoms with Crippen LogP contribution >= 0.6 is 8.81 Å². The number of amides is 1. The number of hydrogen-bond donors (Lipinski definition) is 1. The molecule has 1 aromatic carbocycles. The van der Waals surface area contributed by atoms with Crippen molar-refractivity contribution in [2.75, 3.05) is 35.7 Å². The van der Waals surface area contributed by atoms with Crippen LogP contribution in [0.1, 0.15) is 0 Å². The third kappa shape index (κ3) is 3.20. The third-order valence-corrected chi connectivity index (χ3v) is 4.12. The van der Waals surface area contributed by atoms with Gasteiger partial charge >= 0.3 is 6.09 Å². The van der Waals surface area contributed by atoms with E-state index in [1.807, 2.05) is 0 Å². The van der Waals surface area contributed by atoms with Crippen LogP contribution in [0.4, 0.5) is 25.0 Å². The van der Waals surface area contributed by atoms with Crippen molar-refractivity contribution >= 4 is 32.6 Å². The standard InChI is InChI=1S/C13H14F2N3O4P/c14-10-3-8(18-5-9(6-23-20)22-13(18)19)4-11(15)12(10)17-1-2-21-16-7-17/h3-4,7,9,20,23H,1-2,5-6H2/t9-/m1/s1. The predicted octanol–water partition coefficient (Wildman–Crippen LogP) is 1.66. The minimum Gasteiger partial charge on any atom is -0.443 e. The Morgan fingerprint density at radius 3 is 2.74 bits per heavy atom. The van der Waals surface area contributed by atoms with Gasteiger partial charge in [-0.3, -0.25) is 4.90 Å². The molecule has 1 N–H and O–H groups in total. The molecule has 0 bridgehead atoms. The van der Waals surface area contributed by atoms with E-state index in [1.54, 1.807) is 0 Å². The summed E-state index contributed by atoms with van der Waals surface area (Å²) >= 11 is 0. The number of hydrogen-bond acceptors (Lipinski definition) is 6. The van der Waals surface area contributed by atoms with Gasteiger partial charge in [-0.05, 0) is 0 Å². The van der Waals surface area contributed by atoms with Gasteiger partial charge in [0, 0.05) is 27.1 Å². The van der Waals surface area contributed by atoms with E-state index in [0.717, 1.165) is 17.0 Å². The van der Waals surface area contributed by atoms with Crippen LogP contribution in [0.15, 0.2) is 17.3 Å². The van der Waals surface area contributed by atoms with Crippen molar-refractivity contribution < 1.29 is 28.0 Å². The Morgan fingerprint density at radius 2 is 2.13 bits per heavy atom. The molecule has 0 spiro atoms. The number of oxime groups is 1. The fourth-order valence-corrected chi connectivity index (χ4v) is 2.85. The topological polar surface area (TPSA) is 74.6 Å². The number of ether oxygens (including phenoxy) is 1. The fraction of sp³-hybridized carbons (Fsp3) is 0.385. The first kappa shape index (κ1) is 15.9. The molecule has 7 nitrogen and oxygen atoms in total. The van der Waals surface area contributed by atoms with E-state index in [2.05, 4.69) is 5.16 Å². The number of cyclic esters (lactones) is 1. The van der Waals surface area contributed by atoms with Gasteiger partial charge in [0.05, 0.1) is 18.8 Å². The zero-order valence-corrected chi connectivity index (χ0v) is 12.9. The number of halogens is 2. The lowest BCUT2D eigenvalue weighted by molar-refractivity contribution is 0.144. The van der Waals surface area contributed by atoms with E-state index in [0.29, 0.717) is 6.16 Å². The summed E-state index contributed by atoms with van der Waals surface area (Å²) in [6.45, 7) is 0.630. The third-order valence-electron chi connectivity index (χ3n) is 3.48. The van der Waals surface area contributed by atoms with Gasteiger partial charge in [0.25, 0.3) is 0 Å². The quantitative estimate of drug-likeness (QED) is 0.840. The number of benzene rings is 1. The van der Waals surface area contributed by atoms with Crippen LogP contribution in [0.25, 0.3) is 0 Å². The number of anilines is 2. The van der Waals surface area contributed by atoms with E-state index in [-0.39, 0.29) is 39.9 Å². The summed E-state index contributed by atoms with van der Waals surface area (Å²) < 4.78 is 33.7. The lowest BCUT2D eigenvalue weighted by Crippen LogP contribution is -2.31. The fourth-order valence-electron chi connectivity index (χ4n) is 2.43. The molecular formula is C13H14F2N3O4P. The second-order valence-electron chi connectivity index (χ2n) is 4.98. The highest BCUT2D eigenvalue weighted by molar-refractivity contribution is 7.31. The molecule has 0 aliphatic carbocycles. The van der Waals surface area contributed by atoms with Crippen molar-refractivity contribution in [1.29, 1.82) is 0 Å². The first-order chi connectivity index (χ1) is 11.1. The summed E-state index contributed by atoms with van der Waals surface area (Å²) in [5.41, 5.74) is -0.176. The van der Waals surface area contributed by atoms with Crippen molar-refractivity contribution in [3.05, 3.63) is 23.8 Å². The van der Waals surface area contributed by atoms with Crippen LogP contribution in [0, 0.1) is 11.6 Å². The van der Waals surface area contributed by atoms with Gasteiger partial charge in [-0.2, -0.15) is 0 Å². The van der Waals surface area contributed by atoms with E-state index in [9.17, 15) is 13.6 Å². The molecule has 1 fully saturated rings. The summed E-state index contributed by atoms with van der Waals surface area (Å²) in [7, 11) is -0.360. The number of nitrogens with zero attached hydrogens (tertiary/aromatic N) is 3. The molecule has 1 aromatic rings. The van der Waals surface area contributed by atoms with Gasteiger partial charge in [0.2, 0.25) is 0 Å². The molecule has 2 aliphatic heterocycles. The molecule has 1 saturated heterocycles. The molecule has 0 radical (unpaired) electrons. The van der Waals surface area contributed by atoms with Crippen LogP contribution in [0.5, 0.6) is 0 Å². The Morgan fingerprint density at radius 1 is 1.39 bits per heavy atom. The van der Waals surface area contributed by atoms with Crippen molar-refractivity contribution in [2.24, 2.45) is 5.16 Å². The molecule has 1 unspecified atom stereocenters. The van der Waals surface area contributed by atoms with Gasteiger partial charge in [-0.1, -0.05) is 5.16 Å². The highest BCUT2D eigenvalue weighted by atomic mass is 31.1. The van der Waals surface area contributed by atoms with Crippen molar-refractivity contribution in [3.8, 4) is 0 Å². The van der Waals surface area contributed by atoms with Gasteiger partial charge in [0.15, 0.2) is 11.6 Å². The normalized spacial score (nSPS) is 21.2. The largest absolute Gasteiger partial charge is 0.443 e. The van der Waals surface area contributed by atoms with E-state index in [1.165, 1.54) is 11.2 Å². The summed E-state index contributed by atoms with van der Waals surface area (Å²) in [4.78, 5) is 27.9. The lowest BCUT2D eigenvalue weighted by Gasteiger charge is -2.24. The maximum atomic E-state index is 14.3. The Hall–Kier alpha value is -1.99. The molecule has 0 aromatic heterocycles. The van der Waals surface area contributed by atoms with Crippen LogP contribution in [-0.2, 0) is 9.57 Å². The molecule has 2 heterocycles. The molecule has 3 rings (SSSR count). The maximum absolute atomic E-state index is 14.3. The average molecular weight is 345 g/mol. The summed E-state index contributed by atoms with van der Waals surface area (Å²) in [6.07, 6.45) is 0.332. The first-order valence-electron chi connectivity index (χ1n) is 6.86. The van der Waals surface area contributed by atoms with Gasteiger partial charge in [-0.15, -0.1) is 0 Å². The number of rotatable bonds is 4. The lowest BCUT2D eigenvalue weighted by atomic mass is 10.2. The Bertz CT molecular complexity index is 623. The summed E-state index contributed by atoms with van der Waals surface area (Å²) in [6, 6.07) is 2.15. The molecule has 0 saturated carbocycles. The molecule has 23 heavy (non-hydrogen) atoms. The molecule has 1 amide bonds. The molecular weight excluding hydrogens is 331 g/mol. The zero-order valence-electron chi connectivity index (χ0n) is 11.9. The molecule has 124 valence electrons. The predicted molar refractivity (Wildman–Crippen MR) is 81.2 cm³/mol. The van der Waals surface area contributed by atoms with Gasteiger partial charge in [0.1, 0.15) is 24.7 Å². The average Bonchev–Trinajstić information content (AvgIpc) is 2.89. The highest BCUT2D eigenvalue weighted by Gasteiger charge is 2.33. The highest BCUT2D eigenvalue weighted by Crippen LogP contribution is 2.31. The van der Waals surface area contributed by atoms with Crippen molar-refractivity contribution in [3.63, 3.8) is 0 Å². The van der Waals surface area contributed by atoms with Crippen LogP contribution in [-0.4, -0.2) is 49.3 Å². The molecule has 2 aliphatic rings. The van der Waals surface area contributed by atoms with E-state index in [4.69, 9.17) is 14.5 Å². The Labute approximate surface area is 132 Å². The smallest absolute Gasteiger partial charge is 0.414 e. The van der Waals surface area contributed by atoms with E-state index < -0.39 is 23.8 Å². The SMILES string of the molecule is O=C1O[C@@H](CPO)CN1c1cc(F)c(N2C=NOCC2)c(F)c1. The minimum absolute atomic E-state index is 0.0720. The zero-order chi connectivity index (χ0) is 16.4. The van der Waals surface area contributed by atoms with Crippen LogP contribution < -0.4 is 9.80 Å². The maximum Gasteiger partial charge on any atom is 0.414 e. The van der Waals surface area contributed by atoms with Gasteiger partial charge in [-0.25, -0.2) is 13.6 Å². The first-order valence-corrected chi connectivity index (χ1v) is 8.02. The van der Waals surface area contributed by atoms with Crippen molar-refractivity contribution in [1.82, 2.24) is 0 Å². The number of carbonyl (C=O) groups is 1. The Kier molecular flexibility index (Phi) is 4.58. The van der Waals surface area contributed by atoms with Gasteiger partial charge < -0.3 is 19.4 Å². The summed E-state index contributed by atoms with van der Waals surface area (Å²) in [5.74, 6) is -1.62. The monoisotopic (exact) mass is 345 g/mol. The second kappa shape index (κ2) is 6.64. The number of carbonyl (C=O) groups excluding carboxylic acids is 1. The summed E-state index contributed by atoms with van der Waals surface area (Å²) in [5, 5.41) is 3.52. The second-order valence-corrected chi connectivity index (χ2v) is 5.71. The van der Waals surface area contributed by atoms with Crippen molar-refractivity contribution in [2.45, 2.75) is 6.10 Å². The van der Waals surface area contributed by atoms with Crippen LogP contribution in [0.3, 0.4) is 0 Å². The Balaban J connectivity index is 1.86. The van der Waals surface area contributed by atoms with Crippen LogP contribution in [0.2, 0.25) is 0 Å².